The van der Waals surface area contributed by atoms with Gasteiger partial charge in [-0.25, -0.2) is 17.9 Å². The van der Waals surface area contributed by atoms with E-state index in [1.807, 2.05) is 12.1 Å². The van der Waals surface area contributed by atoms with Crippen LogP contribution in [0.25, 0.3) is 0 Å². The molecule has 0 radical (unpaired) electrons. The average molecular weight is 393 g/mol. The second kappa shape index (κ2) is 8.51. The molecule has 0 unspecified atom stereocenters. The second-order valence-electron chi connectivity index (χ2n) is 6.36. The molecule has 2 N–H and O–H groups in total. The first-order valence-corrected chi connectivity index (χ1v) is 9.68. The number of hydrogen-bond acceptors (Lipinski definition) is 6. The maximum atomic E-state index is 12.4. The molecule has 8 heteroatoms. The number of aliphatic hydroxyl groups is 1. The van der Waals surface area contributed by atoms with Gasteiger partial charge in [0.15, 0.2) is 0 Å². The van der Waals surface area contributed by atoms with Crippen LogP contribution in [0.2, 0.25) is 0 Å². The number of rotatable bonds is 8. The van der Waals surface area contributed by atoms with Gasteiger partial charge in [0.25, 0.3) is 0 Å². The lowest BCUT2D eigenvalue weighted by atomic mass is 9.97. The number of ether oxygens (including phenoxy) is 2. The highest BCUT2D eigenvalue weighted by Crippen LogP contribution is 2.18. The summed E-state index contributed by atoms with van der Waals surface area (Å²) in [4.78, 5) is 11.4. The number of sulfonamides is 1. The summed E-state index contributed by atoms with van der Waals surface area (Å²) in [5, 5.41) is 10.5. The van der Waals surface area contributed by atoms with Gasteiger partial charge in [-0.2, -0.15) is 0 Å². The quantitative estimate of drug-likeness (QED) is 0.663. The Labute approximate surface area is 159 Å². The van der Waals surface area contributed by atoms with Gasteiger partial charge in [-0.15, -0.1) is 0 Å². The molecule has 1 atom stereocenters. The van der Waals surface area contributed by atoms with E-state index in [0.29, 0.717) is 5.75 Å². The fourth-order valence-electron chi connectivity index (χ4n) is 2.47. The molecule has 7 nitrogen and oxygen atoms in total. The summed E-state index contributed by atoms with van der Waals surface area (Å²) in [6, 6.07) is 12.5. The van der Waals surface area contributed by atoms with Crippen molar-refractivity contribution in [3.63, 3.8) is 0 Å². The third kappa shape index (κ3) is 5.78. The molecular formula is C19H23NO6S. The number of nitrogens with one attached hydrogen (secondary N) is 1. The summed E-state index contributed by atoms with van der Waals surface area (Å²) in [5.41, 5.74) is -0.182. The molecule has 0 spiro atoms. The maximum absolute atomic E-state index is 12.4. The maximum Gasteiger partial charge on any atom is 0.337 e. The lowest BCUT2D eigenvalue weighted by molar-refractivity contribution is 0.0600. The van der Waals surface area contributed by atoms with E-state index in [1.165, 1.54) is 31.4 Å². The first-order chi connectivity index (χ1) is 12.7. The van der Waals surface area contributed by atoms with Crippen LogP contribution in [0.5, 0.6) is 5.75 Å². The van der Waals surface area contributed by atoms with Crippen LogP contribution in [-0.2, 0) is 21.2 Å². The van der Waals surface area contributed by atoms with Gasteiger partial charge in [0, 0.05) is 13.0 Å². The van der Waals surface area contributed by atoms with Crippen molar-refractivity contribution in [1.82, 2.24) is 4.72 Å². The van der Waals surface area contributed by atoms with Gasteiger partial charge in [0.1, 0.15) is 5.75 Å². The summed E-state index contributed by atoms with van der Waals surface area (Å²) in [6.07, 6.45) is 0.265. The van der Waals surface area contributed by atoms with Gasteiger partial charge in [-0.1, -0.05) is 12.1 Å². The number of carbonyl (C=O) groups excluding carboxylic acids is 1. The standard InChI is InChI=1S/C19H23NO6S/c1-19(22,12-14-4-8-16(25-2)9-5-14)13-20-27(23,24)17-10-6-15(7-11-17)18(21)26-3/h4-11,20,22H,12-13H2,1-3H3/t19-/m1/s1. The Morgan fingerprint density at radius 2 is 1.67 bits per heavy atom. The third-order valence-electron chi connectivity index (χ3n) is 3.97. The molecule has 2 aromatic carbocycles. The Morgan fingerprint density at radius 3 is 2.19 bits per heavy atom. The topological polar surface area (TPSA) is 102 Å². The Kier molecular flexibility index (Phi) is 6.59. The average Bonchev–Trinajstić information content (AvgIpc) is 2.66. The molecule has 0 aliphatic heterocycles. The predicted octanol–water partition coefficient (Wildman–Crippen LogP) is 1.75. The summed E-state index contributed by atoms with van der Waals surface area (Å²) in [6.45, 7) is 1.39. The van der Waals surface area contributed by atoms with Gasteiger partial charge in [0.05, 0.1) is 30.3 Å². The van der Waals surface area contributed by atoms with Crippen molar-refractivity contribution >= 4 is 16.0 Å². The fourth-order valence-corrected chi connectivity index (χ4v) is 3.63. The molecule has 2 rings (SSSR count). The number of methoxy groups -OCH3 is 2. The highest BCUT2D eigenvalue weighted by Gasteiger charge is 2.25. The van der Waals surface area contributed by atoms with E-state index in [9.17, 15) is 18.3 Å². The van der Waals surface area contributed by atoms with E-state index in [-0.39, 0.29) is 23.4 Å². The smallest absolute Gasteiger partial charge is 0.337 e. The van der Waals surface area contributed by atoms with Crippen molar-refractivity contribution in [1.29, 1.82) is 0 Å². The summed E-state index contributed by atoms with van der Waals surface area (Å²) in [7, 11) is -1.01. The number of carbonyl (C=O) groups is 1. The van der Waals surface area contributed by atoms with E-state index >= 15 is 0 Å². The van der Waals surface area contributed by atoms with Gasteiger partial charge >= 0.3 is 5.97 Å². The minimum Gasteiger partial charge on any atom is -0.497 e. The van der Waals surface area contributed by atoms with Crippen LogP contribution < -0.4 is 9.46 Å². The minimum atomic E-state index is -3.83. The summed E-state index contributed by atoms with van der Waals surface area (Å²) >= 11 is 0. The van der Waals surface area contributed by atoms with E-state index in [0.717, 1.165) is 5.56 Å². The van der Waals surface area contributed by atoms with Crippen molar-refractivity contribution in [3.8, 4) is 5.75 Å². The van der Waals surface area contributed by atoms with Gasteiger partial charge in [-0.05, 0) is 48.9 Å². The zero-order valence-corrected chi connectivity index (χ0v) is 16.2. The highest BCUT2D eigenvalue weighted by molar-refractivity contribution is 7.89. The molecule has 0 saturated carbocycles. The van der Waals surface area contributed by atoms with Crippen LogP contribution in [0, 0.1) is 0 Å². The predicted molar refractivity (Wildman–Crippen MR) is 100 cm³/mol. The molecule has 0 aromatic heterocycles. The molecule has 0 aliphatic carbocycles. The Bertz CT molecular complexity index is 873. The van der Waals surface area contributed by atoms with Gasteiger partial charge < -0.3 is 14.6 Å². The molecule has 0 bridgehead atoms. The Balaban J connectivity index is 2.02. The van der Waals surface area contributed by atoms with Gasteiger partial charge in [-0.3, -0.25) is 0 Å². The molecule has 0 fully saturated rings. The number of hydrogen-bond donors (Lipinski definition) is 2. The van der Waals surface area contributed by atoms with Crippen LogP contribution in [0.15, 0.2) is 53.4 Å². The Hall–Kier alpha value is -2.42. The molecule has 146 valence electrons. The summed E-state index contributed by atoms with van der Waals surface area (Å²) in [5.74, 6) is 0.156. The SMILES string of the molecule is COC(=O)c1ccc(S(=O)(=O)NC[C@](C)(O)Cc2ccc(OC)cc2)cc1. The van der Waals surface area contributed by atoms with Crippen LogP contribution in [0.4, 0.5) is 0 Å². The molecule has 0 saturated heterocycles. The zero-order chi connectivity index (χ0) is 20.1. The van der Waals surface area contributed by atoms with Crippen molar-refractivity contribution < 1.29 is 27.8 Å². The molecule has 2 aromatic rings. The van der Waals surface area contributed by atoms with Crippen LogP contribution in [0.1, 0.15) is 22.8 Å². The zero-order valence-electron chi connectivity index (χ0n) is 15.4. The largest absolute Gasteiger partial charge is 0.497 e. The van der Waals surface area contributed by atoms with Crippen molar-refractivity contribution in [2.45, 2.75) is 23.8 Å². The fraction of sp³-hybridized carbons (Fsp3) is 0.316. The molecule has 0 heterocycles. The number of benzene rings is 2. The first-order valence-electron chi connectivity index (χ1n) is 8.20. The van der Waals surface area contributed by atoms with E-state index in [1.54, 1.807) is 26.2 Å². The van der Waals surface area contributed by atoms with Crippen LogP contribution in [-0.4, -0.2) is 45.9 Å². The van der Waals surface area contributed by atoms with Crippen LogP contribution in [0.3, 0.4) is 0 Å². The first kappa shape index (κ1) is 20.9. The lowest BCUT2D eigenvalue weighted by Gasteiger charge is -2.24. The Morgan fingerprint density at radius 1 is 1.07 bits per heavy atom. The van der Waals surface area contributed by atoms with E-state index in [2.05, 4.69) is 9.46 Å². The van der Waals surface area contributed by atoms with Crippen molar-refractivity contribution in [2.75, 3.05) is 20.8 Å². The van der Waals surface area contributed by atoms with Crippen LogP contribution >= 0.6 is 0 Å². The second-order valence-corrected chi connectivity index (χ2v) is 8.13. The molecular weight excluding hydrogens is 370 g/mol. The summed E-state index contributed by atoms with van der Waals surface area (Å²) < 4.78 is 36.9. The van der Waals surface area contributed by atoms with Gasteiger partial charge in [0.2, 0.25) is 10.0 Å². The van der Waals surface area contributed by atoms with E-state index in [4.69, 9.17) is 4.74 Å². The van der Waals surface area contributed by atoms with Crippen molar-refractivity contribution in [2.24, 2.45) is 0 Å². The molecule has 0 amide bonds. The molecule has 27 heavy (non-hydrogen) atoms. The molecule has 0 aliphatic rings. The minimum absolute atomic E-state index is 0.00426. The third-order valence-corrected chi connectivity index (χ3v) is 5.39. The highest BCUT2D eigenvalue weighted by atomic mass is 32.2. The monoisotopic (exact) mass is 393 g/mol. The normalized spacial score (nSPS) is 13.6. The number of esters is 1. The lowest BCUT2D eigenvalue weighted by Crippen LogP contribution is -2.42. The van der Waals surface area contributed by atoms with E-state index < -0.39 is 21.6 Å². The van der Waals surface area contributed by atoms with Crippen molar-refractivity contribution in [3.05, 3.63) is 59.7 Å².